The molecule has 1 aliphatic heterocycles. The van der Waals surface area contributed by atoms with Crippen LogP contribution in [0.4, 0.5) is 4.39 Å². The Morgan fingerprint density at radius 2 is 1.91 bits per heavy atom. The molecule has 0 bridgehead atoms. The van der Waals surface area contributed by atoms with Crippen molar-refractivity contribution in [2.45, 2.75) is 25.8 Å². The summed E-state index contributed by atoms with van der Waals surface area (Å²) in [4.78, 5) is 9.31. The van der Waals surface area contributed by atoms with Gasteiger partial charge in [-0.2, -0.15) is 0 Å². The van der Waals surface area contributed by atoms with E-state index in [0.717, 1.165) is 33.3 Å². The van der Waals surface area contributed by atoms with E-state index < -0.39 is 0 Å². The number of aliphatic imine (C=N–C) groups is 1. The van der Waals surface area contributed by atoms with E-state index in [4.69, 9.17) is 4.99 Å². The predicted molar refractivity (Wildman–Crippen MR) is 91.6 cm³/mol. The molecule has 0 fully saturated rings. The van der Waals surface area contributed by atoms with Crippen LogP contribution in [-0.2, 0) is 6.42 Å². The van der Waals surface area contributed by atoms with Crippen molar-refractivity contribution in [3.63, 3.8) is 0 Å². The summed E-state index contributed by atoms with van der Waals surface area (Å²) in [6.45, 7) is 4.09. The van der Waals surface area contributed by atoms with E-state index >= 15 is 0 Å². The molecule has 0 unspecified atom stereocenters. The highest BCUT2D eigenvalue weighted by Gasteiger charge is 2.29. The Labute approximate surface area is 134 Å². The lowest BCUT2D eigenvalue weighted by molar-refractivity contribution is 0.492. The summed E-state index contributed by atoms with van der Waals surface area (Å²) >= 11 is 0. The standard InChI is InChI=1S/C20H17FN2/c1-20(2)12-16-15(6-3-7-17(16)21)19(23-20)14-9-8-13-5-4-10-22-18(13)11-14/h3-11H,12H2,1-2H3. The van der Waals surface area contributed by atoms with E-state index in [1.165, 1.54) is 6.07 Å². The van der Waals surface area contributed by atoms with Gasteiger partial charge in [0.1, 0.15) is 5.82 Å². The number of aromatic nitrogens is 1. The van der Waals surface area contributed by atoms with Crippen molar-refractivity contribution < 1.29 is 4.39 Å². The largest absolute Gasteiger partial charge is 0.278 e. The fraction of sp³-hybridized carbons (Fsp3) is 0.200. The third kappa shape index (κ3) is 2.42. The van der Waals surface area contributed by atoms with Crippen LogP contribution in [-0.4, -0.2) is 16.2 Å². The minimum absolute atomic E-state index is 0.151. The van der Waals surface area contributed by atoms with Crippen molar-refractivity contribution in [2.75, 3.05) is 0 Å². The Morgan fingerprint density at radius 3 is 2.78 bits per heavy atom. The second-order valence-corrected chi connectivity index (χ2v) is 6.63. The number of fused-ring (bicyclic) bond motifs is 2. The van der Waals surface area contributed by atoms with Crippen LogP contribution in [0.5, 0.6) is 0 Å². The van der Waals surface area contributed by atoms with E-state index in [2.05, 4.69) is 4.98 Å². The highest BCUT2D eigenvalue weighted by molar-refractivity contribution is 6.15. The van der Waals surface area contributed by atoms with Crippen LogP contribution in [0.15, 0.2) is 59.7 Å². The molecule has 0 aliphatic carbocycles. The number of hydrogen-bond donors (Lipinski definition) is 0. The summed E-state index contributed by atoms with van der Waals surface area (Å²) in [5, 5.41) is 1.09. The normalized spacial score (nSPS) is 16.0. The molecule has 0 spiro atoms. The topological polar surface area (TPSA) is 25.2 Å². The quantitative estimate of drug-likeness (QED) is 0.647. The van der Waals surface area contributed by atoms with E-state index in [1.807, 2.05) is 50.2 Å². The number of halogens is 1. The molecule has 0 radical (unpaired) electrons. The average Bonchev–Trinajstić information content (AvgIpc) is 2.54. The molecule has 1 aliphatic rings. The third-order valence-electron chi connectivity index (χ3n) is 4.28. The van der Waals surface area contributed by atoms with Crippen LogP contribution >= 0.6 is 0 Å². The van der Waals surface area contributed by atoms with Crippen LogP contribution in [0.1, 0.15) is 30.5 Å². The Hall–Kier alpha value is -2.55. The van der Waals surface area contributed by atoms with Gasteiger partial charge in [-0.05, 0) is 37.6 Å². The molecule has 1 aromatic heterocycles. The van der Waals surface area contributed by atoms with Crippen LogP contribution in [0.25, 0.3) is 10.9 Å². The summed E-state index contributed by atoms with van der Waals surface area (Å²) < 4.78 is 14.3. The van der Waals surface area contributed by atoms with E-state index in [9.17, 15) is 4.39 Å². The summed E-state index contributed by atoms with van der Waals surface area (Å²) in [5.74, 6) is -0.151. The lowest BCUT2D eigenvalue weighted by Gasteiger charge is -2.29. The summed E-state index contributed by atoms with van der Waals surface area (Å²) in [7, 11) is 0. The molecule has 0 amide bonds. The van der Waals surface area contributed by atoms with Crippen LogP contribution in [0.3, 0.4) is 0 Å². The molecule has 114 valence electrons. The van der Waals surface area contributed by atoms with Gasteiger partial charge in [-0.1, -0.05) is 30.3 Å². The maximum absolute atomic E-state index is 14.3. The first-order chi connectivity index (χ1) is 11.0. The van der Waals surface area contributed by atoms with E-state index in [0.29, 0.717) is 6.42 Å². The minimum atomic E-state index is -0.316. The first-order valence-electron chi connectivity index (χ1n) is 7.76. The molecule has 0 saturated carbocycles. The summed E-state index contributed by atoms with van der Waals surface area (Å²) in [6, 6.07) is 15.3. The molecule has 3 heteroatoms. The van der Waals surface area contributed by atoms with Crippen LogP contribution in [0, 0.1) is 5.82 Å². The third-order valence-corrected chi connectivity index (χ3v) is 4.28. The van der Waals surface area contributed by atoms with Crippen molar-refractivity contribution in [1.29, 1.82) is 0 Å². The minimum Gasteiger partial charge on any atom is -0.278 e. The van der Waals surface area contributed by atoms with E-state index in [-0.39, 0.29) is 11.4 Å². The second kappa shape index (κ2) is 4.98. The zero-order valence-electron chi connectivity index (χ0n) is 13.2. The molecule has 2 heterocycles. The summed E-state index contributed by atoms with van der Waals surface area (Å²) in [6.07, 6.45) is 2.40. The molecule has 0 atom stereocenters. The molecule has 0 saturated heterocycles. The highest BCUT2D eigenvalue weighted by Crippen LogP contribution is 2.31. The fourth-order valence-corrected chi connectivity index (χ4v) is 3.23. The maximum Gasteiger partial charge on any atom is 0.127 e. The maximum atomic E-state index is 14.3. The molecule has 23 heavy (non-hydrogen) atoms. The van der Waals surface area contributed by atoms with Gasteiger partial charge in [-0.25, -0.2) is 4.39 Å². The van der Waals surface area contributed by atoms with Gasteiger partial charge in [-0.15, -0.1) is 0 Å². The van der Waals surface area contributed by atoms with Crippen molar-refractivity contribution in [2.24, 2.45) is 4.99 Å². The molecule has 3 aromatic rings. The number of hydrogen-bond acceptors (Lipinski definition) is 2. The number of pyridine rings is 1. The van der Waals surface area contributed by atoms with Gasteiger partial charge in [0.2, 0.25) is 0 Å². The Balaban J connectivity index is 1.95. The lowest BCUT2D eigenvalue weighted by Crippen LogP contribution is -2.30. The fourth-order valence-electron chi connectivity index (χ4n) is 3.23. The zero-order chi connectivity index (χ0) is 16.0. The number of benzene rings is 2. The highest BCUT2D eigenvalue weighted by atomic mass is 19.1. The SMILES string of the molecule is CC1(C)Cc2c(F)cccc2C(c2ccc3cccnc3c2)=N1. The molecular formula is C20H17FN2. The smallest absolute Gasteiger partial charge is 0.127 e. The Morgan fingerprint density at radius 1 is 1.04 bits per heavy atom. The zero-order valence-corrected chi connectivity index (χ0v) is 13.2. The van der Waals surface area contributed by atoms with Gasteiger partial charge in [0, 0.05) is 29.1 Å². The average molecular weight is 304 g/mol. The van der Waals surface area contributed by atoms with Crippen LogP contribution < -0.4 is 0 Å². The summed E-state index contributed by atoms with van der Waals surface area (Å²) in [5.41, 5.74) is 4.08. The molecule has 0 N–H and O–H groups in total. The van der Waals surface area contributed by atoms with E-state index in [1.54, 1.807) is 12.3 Å². The van der Waals surface area contributed by atoms with Crippen molar-refractivity contribution >= 4 is 16.6 Å². The number of rotatable bonds is 1. The van der Waals surface area contributed by atoms with Gasteiger partial charge in [0.15, 0.2) is 0 Å². The first kappa shape index (κ1) is 14.1. The monoisotopic (exact) mass is 304 g/mol. The molecule has 2 nitrogen and oxygen atoms in total. The Bertz CT molecular complexity index is 941. The number of nitrogens with zero attached hydrogens (tertiary/aromatic N) is 2. The molecule has 2 aromatic carbocycles. The predicted octanol–water partition coefficient (Wildman–Crippen LogP) is 4.55. The molecular weight excluding hydrogens is 287 g/mol. The van der Waals surface area contributed by atoms with Crippen molar-refractivity contribution in [1.82, 2.24) is 4.98 Å². The first-order valence-corrected chi connectivity index (χ1v) is 7.76. The van der Waals surface area contributed by atoms with Gasteiger partial charge in [-0.3, -0.25) is 9.98 Å². The Kier molecular flexibility index (Phi) is 3.05. The van der Waals surface area contributed by atoms with Gasteiger partial charge in [0.25, 0.3) is 0 Å². The molecule has 4 rings (SSSR count). The van der Waals surface area contributed by atoms with Crippen molar-refractivity contribution in [3.8, 4) is 0 Å². The lowest BCUT2D eigenvalue weighted by atomic mass is 9.84. The van der Waals surface area contributed by atoms with Gasteiger partial charge in [0.05, 0.1) is 16.8 Å². The van der Waals surface area contributed by atoms with Crippen molar-refractivity contribution in [3.05, 3.63) is 77.2 Å². The van der Waals surface area contributed by atoms with Gasteiger partial charge >= 0.3 is 0 Å². The second-order valence-electron chi connectivity index (χ2n) is 6.63. The van der Waals surface area contributed by atoms with Crippen LogP contribution in [0.2, 0.25) is 0 Å². The van der Waals surface area contributed by atoms with Gasteiger partial charge < -0.3 is 0 Å².